The average molecular weight is 479 g/mol. The van der Waals surface area contributed by atoms with Crippen LogP contribution in [0.4, 0.5) is 0 Å². The molecule has 3 aromatic rings. The van der Waals surface area contributed by atoms with E-state index >= 15 is 0 Å². The SMILES string of the molecule is CCC(C)CN(CC(=O)N(Cc1ccccc1)Cc1ccc(C)s1)C(=O)c1ccc(OC)cc1. The summed E-state index contributed by atoms with van der Waals surface area (Å²) in [5.41, 5.74) is 1.62. The van der Waals surface area contributed by atoms with Gasteiger partial charge in [0.25, 0.3) is 5.91 Å². The molecule has 0 spiro atoms. The highest BCUT2D eigenvalue weighted by molar-refractivity contribution is 7.11. The van der Waals surface area contributed by atoms with Gasteiger partial charge in [0, 0.05) is 28.4 Å². The molecule has 1 atom stereocenters. The fraction of sp³-hybridized carbons (Fsp3) is 0.357. The molecule has 2 aromatic carbocycles. The number of hydrogen-bond donors (Lipinski definition) is 0. The van der Waals surface area contributed by atoms with E-state index in [4.69, 9.17) is 4.74 Å². The van der Waals surface area contributed by atoms with E-state index in [9.17, 15) is 9.59 Å². The molecule has 180 valence electrons. The van der Waals surface area contributed by atoms with E-state index in [0.29, 0.717) is 30.9 Å². The van der Waals surface area contributed by atoms with Gasteiger partial charge in [-0.3, -0.25) is 9.59 Å². The van der Waals surface area contributed by atoms with Gasteiger partial charge in [0.05, 0.1) is 13.7 Å². The third-order valence-corrected chi connectivity index (χ3v) is 6.88. The Bertz CT molecular complexity index is 1060. The van der Waals surface area contributed by atoms with Crippen LogP contribution in [0.25, 0.3) is 0 Å². The molecule has 0 aliphatic heterocycles. The zero-order chi connectivity index (χ0) is 24.5. The van der Waals surface area contributed by atoms with Crippen LogP contribution >= 0.6 is 11.3 Å². The van der Waals surface area contributed by atoms with Gasteiger partial charge in [0.15, 0.2) is 0 Å². The second-order valence-corrected chi connectivity index (χ2v) is 10.0. The lowest BCUT2D eigenvalue weighted by molar-refractivity contribution is -0.133. The van der Waals surface area contributed by atoms with Crippen molar-refractivity contribution < 1.29 is 14.3 Å². The molecule has 1 aromatic heterocycles. The van der Waals surface area contributed by atoms with Crippen LogP contribution in [0, 0.1) is 12.8 Å². The average Bonchev–Trinajstić information content (AvgIpc) is 3.27. The second-order valence-electron chi connectivity index (χ2n) is 8.68. The van der Waals surface area contributed by atoms with Crippen LogP contribution in [0.1, 0.15) is 45.9 Å². The standard InChI is InChI=1S/C28H34N2O3S/c1-5-21(2)17-30(28(32)24-12-14-25(33-4)15-13-24)20-27(31)29(18-23-9-7-6-8-10-23)19-26-16-11-22(3)34-26/h6-16,21H,5,17-20H2,1-4H3. The van der Waals surface area contributed by atoms with E-state index in [1.165, 1.54) is 4.88 Å². The maximum atomic E-state index is 13.6. The number of carbonyl (C=O) groups excluding carboxylic acids is 2. The lowest BCUT2D eigenvalue weighted by atomic mass is 10.1. The molecule has 1 unspecified atom stereocenters. The molecule has 0 bridgehead atoms. The first kappa shape index (κ1) is 25.5. The summed E-state index contributed by atoms with van der Waals surface area (Å²) in [6, 6.07) is 21.2. The Balaban J connectivity index is 1.82. The summed E-state index contributed by atoms with van der Waals surface area (Å²) in [5.74, 6) is 0.793. The number of methoxy groups -OCH3 is 1. The highest BCUT2D eigenvalue weighted by Crippen LogP contribution is 2.20. The maximum absolute atomic E-state index is 13.6. The van der Waals surface area contributed by atoms with Crippen LogP contribution in [0.2, 0.25) is 0 Å². The van der Waals surface area contributed by atoms with Gasteiger partial charge >= 0.3 is 0 Å². The smallest absolute Gasteiger partial charge is 0.254 e. The fourth-order valence-corrected chi connectivity index (χ4v) is 4.60. The van der Waals surface area contributed by atoms with E-state index in [2.05, 4.69) is 32.9 Å². The first-order valence-corrected chi connectivity index (χ1v) is 12.5. The molecule has 0 N–H and O–H groups in total. The van der Waals surface area contributed by atoms with Crippen LogP contribution in [0.5, 0.6) is 5.75 Å². The molecule has 0 fully saturated rings. The molecule has 0 radical (unpaired) electrons. The Morgan fingerprint density at radius 2 is 1.65 bits per heavy atom. The molecule has 6 heteroatoms. The van der Waals surface area contributed by atoms with Crippen LogP contribution in [0.3, 0.4) is 0 Å². The van der Waals surface area contributed by atoms with Crippen LogP contribution < -0.4 is 4.74 Å². The number of aryl methyl sites for hydroxylation is 1. The normalized spacial score (nSPS) is 11.6. The second kappa shape index (κ2) is 12.4. The molecule has 1 heterocycles. The van der Waals surface area contributed by atoms with Gasteiger partial charge in [-0.25, -0.2) is 0 Å². The highest BCUT2D eigenvalue weighted by atomic mass is 32.1. The van der Waals surface area contributed by atoms with Gasteiger partial charge in [-0.1, -0.05) is 50.6 Å². The number of nitrogens with zero attached hydrogens (tertiary/aromatic N) is 2. The molecule has 5 nitrogen and oxygen atoms in total. The van der Waals surface area contributed by atoms with Crippen molar-refractivity contribution >= 4 is 23.2 Å². The van der Waals surface area contributed by atoms with Crippen molar-refractivity contribution in [1.82, 2.24) is 9.80 Å². The largest absolute Gasteiger partial charge is 0.497 e. The molecular formula is C28H34N2O3S. The van der Waals surface area contributed by atoms with Gasteiger partial charge in [-0.05, 0) is 54.8 Å². The monoisotopic (exact) mass is 478 g/mol. The number of hydrogen-bond acceptors (Lipinski definition) is 4. The minimum absolute atomic E-state index is 0.0480. The quantitative estimate of drug-likeness (QED) is 0.351. The predicted molar refractivity (Wildman–Crippen MR) is 138 cm³/mol. The van der Waals surface area contributed by atoms with Crippen LogP contribution in [-0.2, 0) is 17.9 Å². The van der Waals surface area contributed by atoms with Gasteiger partial charge in [0.2, 0.25) is 5.91 Å². The van der Waals surface area contributed by atoms with Crippen molar-refractivity contribution in [3.8, 4) is 5.75 Å². The third-order valence-electron chi connectivity index (χ3n) is 5.89. The summed E-state index contributed by atoms with van der Waals surface area (Å²) in [4.78, 5) is 32.9. The van der Waals surface area contributed by atoms with E-state index in [-0.39, 0.29) is 24.3 Å². The van der Waals surface area contributed by atoms with Crippen LogP contribution in [0.15, 0.2) is 66.7 Å². The fourth-order valence-electron chi connectivity index (χ4n) is 3.70. The summed E-state index contributed by atoms with van der Waals surface area (Å²) in [6.45, 7) is 7.89. The molecule has 0 saturated carbocycles. The molecule has 2 amide bonds. The predicted octanol–water partition coefficient (Wildman–Crippen LogP) is 5.78. The van der Waals surface area contributed by atoms with Gasteiger partial charge in [-0.2, -0.15) is 0 Å². The van der Waals surface area contributed by atoms with Crippen molar-refractivity contribution in [3.63, 3.8) is 0 Å². The Morgan fingerprint density at radius 1 is 0.941 bits per heavy atom. The van der Waals surface area contributed by atoms with E-state index < -0.39 is 0 Å². The Kier molecular flexibility index (Phi) is 9.28. The van der Waals surface area contributed by atoms with Gasteiger partial charge < -0.3 is 14.5 Å². The molecular weight excluding hydrogens is 444 g/mol. The minimum atomic E-state index is -0.136. The lowest BCUT2D eigenvalue weighted by Gasteiger charge is -2.29. The zero-order valence-corrected chi connectivity index (χ0v) is 21.3. The topological polar surface area (TPSA) is 49.9 Å². The number of thiophene rings is 1. The van der Waals surface area contributed by atoms with Crippen LogP contribution in [-0.4, -0.2) is 41.8 Å². The number of amides is 2. The Hall–Kier alpha value is -3.12. The van der Waals surface area contributed by atoms with Gasteiger partial charge in [0.1, 0.15) is 12.3 Å². The summed E-state index contributed by atoms with van der Waals surface area (Å²) in [7, 11) is 1.60. The molecule has 0 aliphatic rings. The van der Waals surface area contributed by atoms with Crippen molar-refractivity contribution in [3.05, 3.63) is 87.6 Å². The summed E-state index contributed by atoms with van der Waals surface area (Å²) >= 11 is 1.70. The summed E-state index contributed by atoms with van der Waals surface area (Å²) in [5, 5.41) is 0. The number of ether oxygens (including phenoxy) is 1. The first-order valence-electron chi connectivity index (χ1n) is 11.7. The first-order chi connectivity index (χ1) is 16.4. The van der Waals surface area contributed by atoms with Crippen molar-refractivity contribution in [2.24, 2.45) is 5.92 Å². The summed E-state index contributed by atoms with van der Waals surface area (Å²) in [6.07, 6.45) is 0.933. The number of carbonyl (C=O) groups is 2. The van der Waals surface area contributed by atoms with Crippen molar-refractivity contribution in [1.29, 1.82) is 0 Å². The van der Waals surface area contributed by atoms with E-state index in [1.54, 1.807) is 47.6 Å². The van der Waals surface area contributed by atoms with E-state index in [1.807, 2.05) is 35.2 Å². The maximum Gasteiger partial charge on any atom is 0.254 e. The molecule has 0 saturated heterocycles. The Morgan fingerprint density at radius 3 is 2.24 bits per heavy atom. The van der Waals surface area contributed by atoms with Crippen molar-refractivity contribution in [2.75, 3.05) is 20.2 Å². The molecule has 3 rings (SSSR count). The molecule has 0 aliphatic carbocycles. The van der Waals surface area contributed by atoms with E-state index in [0.717, 1.165) is 16.9 Å². The molecule has 34 heavy (non-hydrogen) atoms. The third kappa shape index (κ3) is 7.19. The van der Waals surface area contributed by atoms with Crippen molar-refractivity contribution in [2.45, 2.75) is 40.3 Å². The lowest BCUT2D eigenvalue weighted by Crippen LogP contribution is -2.44. The highest BCUT2D eigenvalue weighted by Gasteiger charge is 2.24. The zero-order valence-electron chi connectivity index (χ0n) is 20.5. The minimum Gasteiger partial charge on any atom is -0.497 e. The Labute approximate surface area is 207 Å². The summed E-state index contributed by atoms with van der Waals surface area (Å²) < 4.78 is 5.22. The number of benzene rings is 2. The van der Waals surface area contributed by atoms with Gasteiger partial charge in [-0.15, -0.1) is 11.3 Å². The number of rotatable bonds is 11.